The lowest BCUT2D eigenvalue weighted by molar-refractivity contribution is -0.155. The molecule has 3 rings (SSSR count). The highest BCUT2D eigenvalue weighted by Crippen LogP contribution is 2.24. The van der Waals surface area contributed by atoms with Crippen LogP contribution in [0.3, 0.4) is 0 Å². The highest BCUT2D eigenvalue weighted by Gasteiger charge is 2.44. The number of aliphatic hydroxyl groups excluding tert-OH is 3. The van der Waals surface area contributed by atoms with Crippen LogP contribution in [0, 0.1) is 0 Å². The second-order valence-electron chi connectivity index (χ2n) is 8.74. The Morgan fingerprint density at radius 2 is 1.71 bits per heavy atom. The van der Waals surface area contributed by atoms with Crippen molar-refractivity contribution >= 4 is 36.0 Å². The van der Waals surface area contributed by atoms with E-state index in [4.69, 9.17) is 5.11 Å². The van der Waals surface area contributed by atoms with Crippen molar-refractivity contribution in [3.63, 3.8) is 0 Å². The minimum atomic E-state index is -1.34. The molecule has 0 aromatic heterocycles. The first kappa shape index (κ1) is 28.5. The maximum absolute atomic E-state index is 13.5. The van der Waals surface area contributed by atoms with Crippen molar-refractivity contribution in [3.05, 3.63) is 34.4 Å². The molecule has 6 N–H and O–H groups in total. The summed E-state index contributed by atoms with van der Waals surface area (Å²) in [4.78, 5) is 74.4. The molecule has 0 radical (unpaired) electrons. The van der Waals surface area contributed by atoms with E-state index in [0.717, 1.165) is 15.0 Å². The zero-order valence-corrected chi connectivity index (χ0v) is 20.3. The number of urea groups is 1. The molecular formula is C23H29N5O10. The fraction of sp³-hybridized carbons (Fsp3) is 0.478. The smallest absolute Gasteiger partial charge is 0.358 e. The summed E-state index contributed by atoms with van der Waals surface area (Å²) in [5.41, 5.74) is 3.02. The maximum atomic E-state index is 13.5. The number of nitrogens with one attached hydrogen (secondary N) is 2. The first-order valence-corrected chi connectivity index (χ1v) is 11.8. The Kier molecular flexibility index (Phi) is 9.33. The number of carbonyl (C=O) groups is 6. The summed E-state index contributed by atoms with van der Waals surface area (Å²) >= 11 is 0. The average molecular weight is 536 g/mol. The van der Waals surface area contributed by atoms with Crippen molar-refractivity contribution < 1.29 is 49.2 Å². The van der Waals surface area contributed by atoms with Gasteiger partial charge in [-0.1, -0.05) is 0 Å². The lowest BCUT2D eigenvalue weighted by atomic mass is 9.98. The predicted molar refractivity (Wildman–Crippen MR) is 125 cm³/mol. The maximum Gasteiger partial charge on any atom is 0.358 e. The molecular weight excluding hydrogens is 506 g/mol. The van der Waals surface area contributed by atoms with Gasteiger partial charge in [-0.25, -0.2) is 19.8 Å². The van der Waals surface area contributed by atoms with Gasteiger partial charge in [-0.15, -0.1) is 0 Å². The van der Waals surface area contributed by atoms with E-state index in [2.05, 4.69) is 10.7 Å². The molecule has 0 aliphatic carbocycles. The van der Waals surface area contributed by atoms with Crippen LogP contribution in [0.2, 0.25) is 0 Å². The number of carboxylic acids is 1. The van der Waals surface area contributed by atoms with Crippen LogP contribution in [0.1, 0.15) is 52.7 Å². The predicted octanol–water partition coefficient (Wildman–Crippen LogP) is -2.00. The minimum Gasteiger partial charge on any atom is -0.481 e. The largest absolute Gasteiger partial charge is 0.481 e. The normalized spacial score (nSPS) is 18.4. The van der Waals surface area contributed by atoms with Gasteiger partial charge >= 0.3 is 12.0 Å². The van der Waals surface area contributed by atoms with Gasteiger partial charge in [0.15, 0.2) is 0 Å². The molecule has 0 saturated carbocycles. The Morgan fingerprint density at radius 1 is 1.05 bits per heavy atom. The molecule has 0 bridgehead atoms. The van der Waals surface area contributed by atoms with Crippen LogP contribution < -0.4 is 10.7 Å². The summed E-state index contributed by atoms with van der Waals surface area (Å²) < 4.78 is 0. The van der Waals surface area contributed by atoms with Crippen LogP contribution in [-0.2, 0) is 39.0 Å². The minimum absolute atomic E-state index is 0.0361. The topological polar surface area (TPSA) is 217 Å². The molecule has 0 spiro atoms. The monoisotopic (exact) mass is 535 g/mol. The van der Waals surface area contributed by atoms with Crippen molar-refractivity contribution in [2.75, 3.05) is 13.1 Å². The molecule has 2 aliphatic rings. The zero-order valence-electron chi connectivity index (χ0n) is 20.3. The number of hydrazine groups is 2. The molecule has 5 amide bonds. The molecule has 1 aromatic carbocycles. The van der Waals surface area contributed by atoms with E-state index in [9.17, 15) is 44.1 Å². The quantitative estimate of drug-likeness (QED) is 0.181. The van der Waals surface area contributed by atoms with Crippen LogP contribution in [0.25, 0.3) is 0 Å². The molecule has 15 nitrogen and oxygen atoms in total. The van der Waals surface area contributed by atoms with Gasteiger partial charge in [0.05, 0.1) is 38.8 Å². The summed E-state index contributed by atoms with van der Waals surface area (Å²) in [6, 6.07) is -0.911. The summed E-state index contributed by atoms with van der Waals surface area (Å²) in [7, 11) is 0. The van der Waals surface area contributed by atoms with Crippen LogP contribution in [0.4, 0.5) is 4.79 Å². The number of nitrogens with zero attached hydrogens (tertiary/aromatic N) is 3. The molecule has 1 aromatic rings. The van der Waals surface area contributed by atoms with Gasteiger partial charge < -0.3 is 30.5 Å². The van der Waals surface area contributed by atoms with Gasteiger partial charge in [-0.05, 0) is 41.7 Å². The first-order chi connectivity index (χ1) is 18.1. The molecule has 15 heteroatoms. The zero-order chi connectivity index (χ0) is 28.0. The lowest BCUT2D eigenvalue weighted by Crippen LogP contribution is -2.64. The number of rotatable bonds is 10. The SMILES string of the molecule is O=C[C@H](CC(=O)O)NC(=O)[C@@H]1CCCN2C(=O)CCN(NC(=O)c3cc(CO)c(CO)c(CO)c3)C(=O)N12. The highest BCUT2D eigenvalue weighted by atomic mass is 16.4. The van der Waals surface area contributed by atoms with Gasteiger partial charge in [-0.2, -0.15) is 0 Å². The van der Waals surface area contributed by atoms with E-state index in [1.54, 1.807) is 0 Å². The lowest BCUT2D eigenvalue weighted by Gasteiger charge is -2.42. The molecule has 38 heavy (non-hydrogen) atoms. The summed E-state index contributed by atoms with van der Waals surface area (Å²) in [5.74, 6) is -3.44. The number of aliphatic carboxylic acids is 1. The van der Waals surface area contributed by atoms with Crippen molar-refractivity contribution in [3.8, 4) is 0 Å². The first-order valence-electron chi connectivity index (χ1n) is 11.8. The number of hydrogen-bond donors (Lipinski definition) is 6. The second kappa shape index (κ2) is 12.4. The standard InChI is InChI=1S/C23H29N5O10/c29-9-14-6-13(7-15(10-30)17(14)12-32)21(36)25-26-5-3-19(33)27-4-1-2-18(28(27)23(26)38)22(37)24-16(11-31)8-20(34)35/h6-7,11,16,18,29-30,32H,1-5,8-10,12H2,(H,24,37)(H,25,36)(H,34,35)/t16-,18-/m0/s1. The molecule has 2 aliphatic heterocycles. The van der Waals surface area contributed by atoms with Crippen molar-refractivity contribution in [1.29, 1.82) is 0 Å². The molecule has 2 fully saturated rings. The van der Waals surface area contributed by atoms with Crippen molar-refractivity contribution in [2.45, 2.75) is 57.6 Å². The Hall–Kier alpha value is -4.08. The van der Waals surface area contributed by atoms with Crippen LogP contribution in [0.5, 0.6) is 0 Å². The van der Waals surface area contributed by atoms with E-state index in [1.165, 1.54) is 12.1 Å². The van der Waals surface area contributed by atoms with Gasteiger partial charge in [0.1, 0.15) is 12.3 Å². The third-order valence-electron chi connectivity index (χ3n) is 6.29. The molecule has 206 valence electrons. The number of carboxylic acid groups (broad SMARTS) is 1. The van der Waals surface area contributed by atoms with Crippen molar-refractivity contribution in [1.82, 2.24) is 25.8 Å². The second-order valence-corrected chi connectivity index (χ2v) is 8.74. The molecule has 0 unspecified atom stereocenters. The van der Waals surface area contributed by atoms with E-state index in [-0.39, 0.29) is 54.5 Å². The van der Waals surface area contributed by atoms with Gasteiger partial charge in [-0.3, -0.25) is 24.6 Å². The highest BCUT2D eigenvalue weighted by molar-refractivity contribution is 5.97. The van der Waals surface area contributed by atoms with Crippen molar-refractivity contribution in [2.24, 2.45) is 0 Å². The van der Waals surface area contributed by atoms with Crippen LogP contribution in [0.15, 0.2) is 12.1 Å². The molecule has 2 heterocycles. The van der Waals surface area contributed by atoms with Gasteiger partial charge in [0, 0.05) is 18.5 Å². The van der Waals surface area contributed by atoms with E-state index in [1.807, 2.05) is 0 Å². The van der Waals surface area contributed by atoms with E-state index < -0.39 is 68.0 Å². The number of amides is 5. The number of aldehydes is 1. The Morgan fingerprint density at radius 3 is 2.26 bits per heavy atom. The molecule has 2 saturated heterocycles. The average Bonchev–Trinajstić information content (AvgIpc) is 3.03. The summed E-state index contributed by atoms with van der Waals surface area (Å²) in [5, 5.41) is 42.8. The Bertz CT molecular complexity index is 1100. The number of benzene rings is 1. The van der Waals surface area contributed by atoms with Gasteiger partial charge in [0.2, 0.25) is 11.8 Å². The fourth-order valence-corrected chi connectivity index (χ4v) is 4.42. The summed E-state index contributed by atoms with van der Waals surface area (Å²) in [6.07, 6.45) is -0.112. The summed E-state index contributed by atoms with van der Waals surface area (Å²) in [6.45, 7) is -1.62. The number of hydrogen-bond acceptors (Lipinski definition) is 9. The van der Waals surface area contributed by atoms with Crippen LogP contribution >= 0.6 is 0 Å². The van der Waals surface area contributed by atoms with E-state index in [0.29, 0.717) is 6.42 Å². The van der Waals surface area contributed by atoms with Crippen LogP contribution in [-0.4, -0.2) is 96.6 Å². The van der Waals surface area contributed by atoms with Gasteiger partial charge in [0.25, 0.3) is 5.91 Å². The Balaban J connectivity index is 1.86. The number of carbonyl (C=O) groups excluding carboxylic acids is 5. The van der Waals surface area contributed by atoms with E-state index >= 15 is 0 Å². The third kappa shape index (κ3) is 6.07. The third-order valence-corrected chi connectivity index (χ3v) is 6.29. The Labute approximate surface area is 216 Å². The number of aliphatic hydroxyl groups is 3. The fourth-order valence-electron chi connectivity index (χ4n) is 4.42. The molecule has 2 atom stereocenters. The number of fused-ring (bicyclic) bond motifs is 1.